The van der Waals surface area contributed by atoms with Gasteiger partial charge < -0.3 is 0 Å². The van der Waals surface area contributed by atoms with Crippen LogP contribution in [-0.4, -0.2) is 6.04 Å². The SMILES string of the molecule is CC1CC1C(Cc1ccc(Cl)cc1F)NN. The normalized spacial score (nSPS) is 25.5. The maximum absolute atomic E-state index is 13.6. The Morgan fingerprint density at radius 1 is 1.62 bits per heavy atom. The molecule has 88 valence electrons. The molecule has 3 unspecified atom stereocenters. The Kier molecular flexibility index (Phi) is 3.47. The van der Waals surface area contributed by atoms with Gasteiger partial charge in [-0.2, -0.15) is 0 Å². The van der Waals surface area contributed by atoms with Crippen molar-refractivity contribution in [2.24, 2.45) is 17.7 Å². The van der Waals surface area contributed by atoms with Crippen LogP contribution in [0.2, 0.25) is 5.02 Å². The van der Waals surface area contributed by atoms with Crippen LogP contribution in [0.4, 0.5) is 4.39 Å². The van der Waals surface area contributed by atoms with E-state index in [1.165, 1.54) is 12.5 Å². The van der Waals surface area contributed by atoms with E-state index in [-0.39, 0.29) is 11.9 Å². The van der Waals surface area contributed by atoms with Crippen LogP contribution in [0.5, 0.6) is 0 Å². The molecule has 4 heteroatoms. The lowest BCUT2D eigenvalue weighted by Crippen LogP contribution is -2.39. The summed E-state index contributed by atoms with van der Waals surface area (Å²) in [5.74, 6) is 6.52. The minimum Gasteiger partial charge on any atom is -0.271 e. The summed E-state index contributed by atoms with van der Waals surface area (Å²) in [6.07, 6.45) is 1.79. The van der Waals surface area contributed by atoms with Gasteiger partial charge in [-0.1, -0.05) is 24.6 Å². The van der Waals surface area contributed by atoms with E-state index in [2.05, 4.69) is 12.3 Å². The first-order valence-electron chi connectivity index (χ1n) is 5.52. The molecule has 0 radical (unpaired) electrons. The maximum atomic E-state index is 13.6. The van der Waals surface area contributed by atoms with E-state index in [4.69, 9.17) is 17.4 Å². The van der Waals surface area contributed by atoms with E-state index in [0.29, 0.717) is 28.8 Å². The Balaban J connectivity index is 2.07. The zero-order valence-electron chi connectivity index (χ0n) is 9.21. The number of hydrogen-bond donors (Lipinski definition) is 2. The minimum atomic E-state index is -0.249. The Labute approximate surface area is 99.9 Å². The van der Waals surface area contributed by atoms with Gasteiger partial charge in [-0.15, -0.1) is 0 Å². The van der Waals surface area contributed by atoms with Gasteiger partial charge in [0.25, 0.3) is 0 Å². The molecule has 1 aliphatic carbocycles. The van der Waals surface area contributed by atoms with E-state index < -0.39 is 0 Å². The van der Waals surface area contributed by atoms with Gasteiger partial charge in [0.15, 0.2) is 0 Å². The summed E-state index contributed by atoms with van der Waals surface area (Å²) in [6, 6.07) is 4.95. The third-order valence-corrected chi connectivity index (χ3v) is 3.59. The molecule has 1 aliphatic rings. The Bertz CT molecular complexity index is 383. The van der Waals surface area contributed by atoms with Crippen LogP contribution in [0.3, 0.4) is 0 Å². The second-order valence-electron chi connectivity index (χ2n) is 4.59. The standard InChI is InChI=1S/C12H16ClFN2/c1-7-4-10(7)12(16-15)5-8-2-3-9(13)6-11(8)14/h2-3,6-7,10,12,16H,4-5,15H2,1H3. The third-order valence-electron chi connectivity index (χ3n) is 3.36. The van der Waals surface area contributed by atoms with Crippen molar-refractivity contribution in [3.63, 3.8) is 0 Å². The first-order chi connectivity index (χ1) is 7.61. The van der Waals surface area contributed by atoms with Gasteiger partial charge in [-0.3, -0.25) is 11.3 Å². The van der Waals surface area contributed by atoms with Crippen molar-refractivity contribution < 1.29 is 4.39 Å². The minimum absolute atomic E-state index is 0.158. The first-order valence-corrected chi connectivity index (χ1v) is 5.89. The Hall–Kier alpha value is -0.640. The van der Waals surface area contributed by atoms with E-state index >= 15 is 0 Å². The number of rotatable bonds is 4. The summed E-state index contributed by atoms with van der Waals surface area (Å²) in [7, 11) is 0. The van der Waals surface area contributed by atoms with Gasteiger partial charge in [-0.05, 0) is 42.4 Å². The molecule has 3 N–H and O–H groups in total. The number of hydrazine groups is 1. The topological polar surface area (TPSA) is 38.0 Å². The summed E-state index contributed by atoms with van der Waals surface area (Å²) in [6.45, 7) is 2.19. The van der Waals surface area contributed by atoms with E-state index in [9.17, 15) is 4.39 Å². The number of nitrogens with two attached hydrogens (primary N) is 1. The molecule has 1 saturated carbocycles. The molecule has 1 aromatic carbocycles. The molecular formula is C12H16ClFN2. The zero-order chi connectivity index (χ0) is 11.7. The second-order valence-corrected chi connectivity index (χ2v) is 5.03. The Morgan fingerprint density at radius 3 is 2.81 bits per heavy atom. The fraction of sp³-hybridized carbons (Fsp3) is 0.500. The van der Waals surface area contributed by atoms with Crippen molar-refractivity contribution in [2.75, 3.05) is 0 Å². The highest BCUT2D eigenvalue weighted by atomic mass is 35.5. The van der Waals surface area contributed by atoms with Gasteiger partial charge in [0.2, 0.25) is 0 Å². The average Bonchev–Trinajstić information content (AvgIpc) is 2.94. The molecule has 0 bridgehead atoms. The number of halogens is 2. The molecule has 0 aliphatic heterocycles. The summed E-state index contributed by atoms with van der Waals surface area (Å²) >= 11 is 5.71. The summed E-state index contributed by atoms with van der Waals surface area (Å²) < 4.78 is 13.6. The summed E-state index contributed by atoms with van der Waals surface area (Å²) in [4.78, 5) is 0. The van der Waals surface area contributed by atoms with Crippen molar-refractivity contribution in [3.8, 4) is 0 Å². The van der Waals surface area contributed by atoms with Crippen molar-refractivity contribution in [2.45, 2.75) is 25.8 Å². The maximum Gasteiger partial charge on any atom is 0.127 e. The van der Waals surface area contributed by atoms with E-state index in [1.807, 2.05) is 0 Å². The Morgan fingerprint density at radius 2 is 2.31 bits per heavy atom. The average molecular weight is 243 g/mol. The molecule has 1 aromatic rings. The largest absolute Gasteiger partial charge is 0.271 e. The molecule has 0 saturated heterocycles. The quantitative estimate of drug-likeness (QED) is 0.629. The highest BCUT2D eigenvalue weighted by molar-refractivity contribution is 6.30. The highest BCUT2D eigenvalue weighted by Crippen LogP contribution is 2.41. The lowest BCUT2D eigenvalue weighted by Gasteiger charge is -2.16. The van der Waals surface area contributed by atoms with Gasteiger partial charge in [0, 0.05) is 11.1 Å². The van der Waals surface area contributed by atoms with Gasteiger partial charge >= 0.3 is 0 Å². The van der Waals surface area contributed by atoms with Crippen LogP contribution in [0.1, 0.15) is 18.9 Å². The molecule has 16 heavy (non-hydrogen) atoms. The lowest BCUT2D eigenvalue weighted by molar-refractivity contribution is 0.446. The summed E-state index contributed by atoms with van der Waals surface area (Å²) in [5, 5.41) is 0.429. The van der Waals surface area contributed by atoms with Crippen molar-refractivity contribution >= 4 is 11.6 Å². The fourth-order valence-electron chi connectivity index (χ4n) is 2.17. The number of hydrogen-bond acceptors (Lipinski definition) is 2. The fourth-order valence-corrected chi connectivity index (χ4v) is 2.33. The molecule has 1 fully saturated rings. The smallest absolute Gasteiger partial charge is 0.127 e. The molecular weight excluding hydrogens is 227 g/mol. The third kappa shape index (κ3) is 2.54. The van der Waals surface area contributed by atoms with Gasteiger partial charge in [0.1, 0.15) is 5.82 Å². The lowest BCUT2D eigenvalue weighted by atomic mass is 10.0. The number of benzene rings is 1. The van der Waals surface area contributed by atoms with Gasteiger partial charge in [0.05, 0.1) is 0 Å². The van der Waals surface area contributed by atoms with Gasteiger partial charge in [-0.25, -0.2) is 4.39 Å². The van der Waals surface area contributed by atoms with Crippen molar-refractivity contribution in [1.29, 1.82) is 0 Å². The van der Waals surface area contributed by atoms with Crippen LogP contribution in [0.15, 0.2) is 18.2 Å². The second kappa shape index (κ2) is 4.70. The highest BCUT2D eigenvalue weighted by Gasteiger charge is 2.39. The molecule has 0 aromatic heterocycles. The van der Waals surface area contributed by atoms with E-state index in [1.54, 1.807) is 12.1 Å². The van der Waals surface area contributed by atoms with Crippen LogP contribution >= 0.6 is 11.6 Å². The van der Waals surface area contributed by atoms with Crippen LogP contribution in [0.25, 0.3) is 0 Å². The zero-order valence-corrected chi connectivity index (χ0v) is 9.97. The molecule has 2 nitrogen and oxygen atoms in total. The monoisotopic (exact) mass is 242 g/mol. The van der Waals surface area contributed by atoms with Crippen LogP contribution in [0, 0.1) is 17.7 Å². The molecule has 0 spiro atoms. The molecule has 0 amide bonds. The van der Waals surface area contributed by atoms with Crippen molar-refractivity contribution in [1.82, 2.24) is 5.43 Å². The number of nitrogens with one attached hydrogen (secondary N) is 1. The first kappa shape index (κ1) is 11.8. The predicted molar refractivity (Wildman–Crippen MR) is 63.5 cm³/mol. The molecule has 2 rings (SSSR count). The van der Waals surface area contributed by atoms with Crippen molar-refractivity contribution in [3.05, 3.63) is 34.6 Å². The van der Waals surface area contributed by atoms with Crippen LogP contribution in [-0.2, 0) is 6.42 Å². The van der Waals surface area contributed by atoms with Crippen LogP contribution < -0.4 is 11.3 Å². The summed E-state index contributed by atoms with van der Waals surface area (Å²) in [5.41, 5.74) is 3.46. The van der Waals surface area contributed by atoms with E-state index in [0.717, 1.165) is 0 Å². The predicted octanol–water partition coefficient (Wildman–Crippen LogP) is 2.51. The molecule has 3 atom stereocenters. The molecule has 0 heterocycles.